The second-order valence-electron chi connectivity index (χ2n) is 5.39. The van der Waals surface area contributed by atoms with Crippen molar-refractivity contribution < 1.29 is 5.11 Å². The van der Waals surface area contributed by atoms with E-state index in [4.69, 9.17) is 0 Å². The van der Waals surface area contributed by atoms with E-state index in [1.54, 1.807) is 0 Å². The maximum Gasteiger partial charge on any atom is 0.137 e. The lowest BCUT2D eigenvalue weighted by Crippen LogP contribution is -2.23. The summed E-state index contributed by atoms with van der Waals surface area (Å²) in [5.74, 6) is 2.41. The lowest BCUT2D eigenvalue weighted by atomic mass is 9.98. The Balaban J connectivity index is 1.82. The molecule has 0 aliphatic carbocycles. The standard InChI is InChI=1S/C15H19N3O/c1-11-3-2-4-12(7-11)8-14-16-17-15-9-13(10-19)5-6-18(14)15/h2-4,7,13,19H,5-6,8-10H2,1H3. The normalized spacial score (nSPS) is 18.3. The van der Waals surface area contributed by atoms with E-state index in [-0.39, 0.29) is 6.61 Å². The van der Waals surface area contributed by atoms with Gasteiger partial charge in [0, 0.05) is 26.0 Å². The molecule has 2 aromatic rings. The molecule has 4 nitrogen and oxygen atoms in total. The van der Waals surface area contributed by atoms with Gasteiger partial charge in [0.15, 0.2) is 0 Å². The smallest absolute Gasteiger partial charge is 0.137 e. The number of rotatable bonds is 3. The fraction of sp³-hybridized carbons (Fsp3) is 0.467. The van der Waals surface area contributed by atoms with Gasteiger partial charge in [-0.05, 0) is 24.8 Å². The molecule has 0 spiro atoms. The van der Waals surface area contributed by atoms with Crippen LogP contribution in [0.3, 0.4) is 0 Å². The summed E-state index contributed by atoms with van der Waals surface area (Å²) in [4.78, 5) is 0. The minimum atomic E-state index is 0.250. The molecule has 1 atom stereocenters. The van der Waals surface area contributed by atoms with Crippen LogP contribution in [0.1, 0.15) is 29.2 Å². The van der Waals surface area contributed by atoms with E-state index in [1.807, 2.05) is 0 Å². The van der Waals surface area contributed by atoms with Gasteiger partial charge in [-0.3, -0.25) is 0 Å². The molecule has 0 saturated carbocycles. The summed E-state index contributed by atoms with van der Waals surface area (Å²) in [7, 11) is 0. The quantitative estimate of drug-likeness (QED) is 0.911. The van der Waals surface area contributed by atoms with Crippen molar-refractivity contribution in [1.82, 2.24) is 14.8 Å². The molecule has 19 heavy (non-hydrogen) atoms. The lowest BCUT2D eigenvalue weighted by molar-refractivity contribution is 0.198. The van der Waals surface area contributed by atoms with Gasteiger partial charge in [-0.2, -0.15) is 0 Å². The summed E-state index contributed by atoms with van der Waals surface area (Å²) in [5, 5.41) is 17.8. The number of hydrogen-bond acceptors (Lipinski definition) is 3. The number of aryl methyl sites for hydroxylation is 1. The van der Waals surface area contributed by atoms with E-state index in [1.165, 1.54) is 11.1 Å². The second kappa shape index (κ2) is 5.13. The van der Waals surface area contributed by atoms with Gasteiger partial charge in [0.25, 0.3) is 0 Å². The maximum absolute atomic E-state index is 9.23. The van der Waals surface area contributed by atoms with Gasteiger partial charge >= 0.3 is 0 Å². The highest BCUT2D eigenvalue weighted by Gasteiger charge is 2.22. The highest BCUT2D eigenvalue weighted by atomic mass is 16.3. The number of aromatic nitrogens is 3. The Labute approximate surface area is 113 Å². The van der Waals surface area contributed by atoms with Crippen LogP contribution in [0.25, 0.3) is 0 Å². The van der Waals surface area contributed by atoms with Crippen LogP contribution in [0.15, 0.2) is 24.3 Å². The number of aliphatic hydroxyl groups excluding tert-OH is 1. The van der Waals surface area contributed by atoms with Crippen LogP contribution in [0, 0.1) is 12.8 Å². The molecule has 0 bridgehead atoms. The van der Waals surface area contributed by atoms with Crippen LogP contribution >= 0.6 is 0 Å². The second-order valence-corrected chi connectivity index (χ2v) is 5.39. The molecule has 0 fully saturated rings. The van der Waals surface area contributed by atoms with E-state index in [9.17, 15) is 5.11 Å². The Bertz CT molecular complexity index is 577. The molecule has 2 heterocycles. The average molecular weight is 257 g/mol. The fourth-order valence-electron chi connectivity index (χ4n) is 2.74. The fourth-order valence-corrected chi connectivity index (χ4v) is 2.74. The van der Waals surface area contributed by atoms with E-state index >= 15 is 0 Å². The van der Waals surface area contributed by atoms with Crippen LogP contribution in [0.2, 0.25) is 0 Å². The molecular weight excluding hydrogens is 238 g/mol. The van der Waals surface area contributed by atoms with Gasteiger partial charge in [-0.1, -0.05) is 29.8 Å². The molecule has 0 amide bonds. The molecule has 1 aliphatic heterocycles. The summed E-state index contributed by atoms with van der Waals surface area (Å²) in [6.45, 7) is 3.28. The molecular formula is C15H19N3O. The topological polar surface area (TPSA) is 50.9 Å². The first-order valence-electron chi connectivity index (χ1n) is 6.83. The van der Waals surface area contributed by atoms with Crippen molar-refractivity contribution in [1.29, 1.82) is 0 Å². The van der Waals surface area contributed by atoms with Gasteiger partial charge in [-0.15, -0.1) is 10.2 Å². The number of benzene rings is 1. The summed E-state index contributed by atoms with van der Waals surface area (Å²) < 4.78 is 2.22. The Morgan fingerprint density at radius 3 is 3.05 bits per heavy atom. The highest BCUT2D eigenvalue weighted by Crippen LogP contribution is 2.21. The molecule has 100 valence electrons. The summed E-state index contributed by atoms with van der Waals surface area (Å²) in [6.07, 6.45) is 2.69. The SMILES string of the molecule is Cc1cccc(Cc2nnc3n2CCC(CO)C3)c1. The molecule has 3 rings (SSSR count). The van der Waals surface area contributed by atoms with Crippen LogP contribution in [0.4, 0.5) is 0 Å². The van der Waals surface area contributed by atoms with Gasteiger partial charge in [0.2, 0.25) is 0 Å². The minimum absolute atomic E-state index is 0.250. The predicted octanol–water partition coefficient (Wildman–Crippen LogP) is 1.73. The van der Waals surface area contributed by atoms with Gasteiger partial charge in [0.05, 0.1) is 0 Å². The summed E-state index contributed by atoms with van der Waals surface area (Å²) >= 11 is 0. The number of fused-ring (bicyclic) bond motifs is 1. The lowest BCUT2D eigenvalue weighted by Gasteiger charge is -2.21. The molecule has 4 heteroatoms. The first-order chi connectivity index (χ1) is 9.26. The Kier molecular flexibility index (Phi) is 3.34. The molecule has 1 N–H and O–H groups in total. The third-order valence-corrected chi connectivity index (χ3v) is 3.84. The van der Waals surface area contributed by atoms with Crippen LogP contribution < -0.4 is 0 Å². The Hall–Kier alpha value is -1.68. The maximum atomic E-state index is 9.23. The first kappa shape index (κ1) is 12.4. The van der Waals surface area contributed by atoms with E-state index in [0.29, 0.717) is 5.92 Å². The largest absolute Gasteiger partial charge is 0.396 e. The first-order valence-corrected chi connectivity index (χ1v) is 6.83. The number of nitrogens with zero attached hydrogens (tertiary/aromatic N) is 3. The zero-order chi connectivity index (χ0) is 13.2. The van der Waals surface area contributed by atoms with Crippen LogP contribution in [0.5, 0.6) is 0 Å². The zero-order valence-corrected chi connectivity index (χ0v) is 11.2. The molecule has 1 aromatic heterocycles. The Morgan fingerprint density at radius 1 is 1.37 bits per heavy atom. The summed E-state index contributed by atoms with van der Waals surface area (Å²) in [5.41, 5.74) is 2.55. The van der Waals surface area contributed by atoms with Crippen molar-refractivity contribution >= 4 is 0 Å². The highest BCUT2D eigenvalue weighted by molar-refractivity contribution is 5.25. The third kappa shape index (κ3) is 2.54. The molecule has 1 aromatic carbocycles. The molecule has 0 radical (unpaired) electrons. The number of hydrogen-bond donors (Lipinski definition) is 1. The van der Waals surface area contributed by atoms with E-state index in [2.05, 4.69) is 46.0 Å². The molecule has 0 saturated heterocycles. The summed E-state index contributed by atoms with van der Waals surface area (Å²) in [6, 6.07) is 8.52. The zero-order valence-electron chi connectivity index (χ0n) is 11.2. The molecule has 1 aliphatic rings. The van der Waals surface area contributed by atoms with Crippen molar-refractivity contribution in [3.05, 3.63) is 47.0 Å². The minimum Gasteiger partial charge on any atom is -0.396 e. The van der Waals surface area contributed by atoms with E-state index < -0.39 is 0 Å². The number of aliphatic hydroxyl groups is 1. The van der Waals surface area contributed by atoms with Crippen LogP contribution in [-0.4, -0.2) is 26.5 Å². The van der Waals surface area contributed by atoms with Crippen LogP contribution in [-0.2, 0) is 19.4 Å². The Morgan fingerprint density at radius 2 is 2.26 bits per heavy atom. The van der Waals surface area contributed by atoms with Gasteiger partial charge in [-0.25, -0.2) is 0 Å². The van der Waals surface area contributed by atoms with Crippen molar-refractivity contribution in [2.24, 2.45) is 5.92 Å². The molecule has 1 unspecified atom stereocenters. The predicted molar refractivity (Wildman–Crippen MR) is 72.9 cm³/mol. The monoisotopic (exact) mass is 257 g/mol. The van der Waals surface area contributed by atoms with Crippen molar-refractivity contribution in [2.45, 2.75) is 32.7 Å². The van der Waals surface area contributed by atoms with Gasteiger partial charge in [0.1, 0.15) is 11.6 Å². The van der Waals surface area contributed by atoms with Crippen molar-refractivity contribution in [2.75, 3.05) is 6.61 Å². The third-order valence-electron chi connectivity index (χ3n) is 3.84. The van der Waals surface area contributed by atoms with Crippen molar-refractivity contribution in [3.63, 3.8) is 0 Å². The van der Waals surface area contributed by atoms with E-state index in [0.717, 1.165) is 37.5 Å². The van der Waals surface area contributed by atoms with Gasteiger partial charge < -0.3 is 9.67 Å². The average Bonchev–Trinajstić information content (AvgIpc) is 2.81. The van der Waals surface area contributed by atoms with Crippen molar-refractivity contribution in [3.8, 4) is 0 Å².